The van der Waals surface area contributed by atoms with E-state index in [1.54, 1.807) is 17.0 Å². The fourth-order valence-electron chi connectivity index (χ4n) is 2.02. The molecule has 114 valence electrons. The molecule has 3 rings (SSSR count). The number of benzene rings is 1. The molecule has 0 atom stereocenters. The highest BCUT2D eigenvalue weighted by atomic mass is 35.5. The Hall–Kier alpha value is -2.34. The van der Waals surface area contributed by atoms with Gasteiger partial charge in [0.2, 0.25) is 5.88 Å². The molecule has 22 heavy (non-hydrogen) atoms. The molecule has 1 saturated heterocycles. The van der Waals surface area contributed by atoms with Gasteiger partial charge in [-0.1, -0.05) is 11.6 Å². The number of amides is 2. The molecule has 1 aromatic carbocycles. The lowest BCUT2D eigenvalue weighted by Crippen LogP contribution is -2.57. The van der Waals surface area contributed by atoms with Crippen LogP contribution in [0.1, 0.15) is 0 Å². The molecule has 2 aromatic rings. The highest BCUT2D eigenvalue weighted by molar-refractivity contribution is 6.30. The van der Waals surface area contributed by atoms with Gasteiger partial charge < -0.3 is 15.0 Å². The van der Waals surface area contributed by atoms with E-state index in [1.165, 1.54) is 30.5 Å². The number of urea groups is 1. The minimum Gasteiger partial charge on any atom is -0.471 e. The summed E-state index contributed by atoms with van der Waals surface area (Å²) in [6, 6.07) is 8.76. The maximum Gasteiger partial charge on any atom is 0.322 e. The van der Waals surface area contributed by atoms with Gasteiger partial charge in [0.25, 0.3) is 0 Å². The van der Waals surface area contributed by atoms with Gasteiger partial charge in [-0.2, -0.15) is 0 Å². The molecule has 0 bridgehead atoms. The van der Waals surface area contributed by atoms with Crippen LogP contribution in [0.2, 0.25) is 5.02 Å². The van der Waals surface area contributed by atoms with Gasteiger partial charge in [-0.15, -0.1) is 0 Å². The van der Waals surface area contributed by atoms with E-state index in [1.807, 2.05) is 0 Å². The van der Waals surface area contributed by atoms with E-state index in [4.69, 9.17) is 16.3 Å². The Morgan fingerprint density at radius 1 is 1.27 bits per heavy atom. The van der Waals surface area contributed by atoms with Gasteiger partial charge in [0.05, 0.1) is 18.1 Å². The van der Waals surface area contributed by atoms with E-state index in [2.05, 4.69) is 10.3 Å². The average Bonchev–Trinajstić information content (AvgIpc) is 2.46. The van der Waals surface area contributed by atoms with Gasteiger partial charge in [-0.05, 0) is 30.3 Å². The summed E-state index contributed by atoms with van der Waals surface area (Å²) in [5.41, 5.74) is 0.551. The highest BCUT2D eigenvalue weighted by Crippen LogP contribution is 2.19. The van der Waals surface area contributed by atoms with E-state index in [-0.39, 0.29) is 18.0 Å². The molecule has 1 fully saturated rings. The maximum atomic E-state index is 12.8. The number of pyridine rings is 1. The van der Waals surface area contributed by atoms with Crippen molar-refractivity contribution in [1.82, 2.24) is 9.88 Å². The summed E-state index contributed by atoms with van der Waals surface area (Å²) in [4.78, 5) is 17.6. The quantitative estimate of drug-likeness (QED) is 0.944. The minimum atomic E-state index is -0.342. The summed E-state index contributed by atoms with van der Waals surface area (Å²) >= 11 is 5.74. The summed E-state index contributed by atoms with van der Waals surface area (Å²) in [6.45, 7) is 0.939. The third-order valence-corrected chi connectivity index (χ3v) is 3.44. The van der Waals surface area contributed by atoms with Crippen LogP contribution in [0.5, 0.6) is 5.88 Å². The second-order valence-electron chi connectivity index (χ2n) is 4.90. The maximum absolute atomic E-state index is 12.8. The van der Waals surface area contributed by atoms with Crippen LogP contribution in [0.4, 0.5) is 14.9 Å². The van der Waals surface area contributed by atoms with Crippen molar-refractivity contribution in [2.24, 2.45) is 0 Å². The largest absolute Gasteiger partial charge is 0.471 e. The SMILES string of the molecule is O=C(Nc1ccc(F)cc1)N1CC(Oc2ccc(Cl)cn2)C1. The van der Waals surface area contributed by atoms with Crippen LogP contribution in [0.25, 0.3) is 0 Å². The molecule has 1 N–H and O–H groups in total. The molecular weight excluding hydrogens is 309 g/mol. The van der Waals surface area contributed by atoms with Crippen LogP contribution in [-0.4, -0.2) is 35.1 Å². The molecule has 0 saturated carbocycles. The third kappa shape index (κ3) is 3.46. The van der Waals surface area contributed by atoms with Crippen molar-refractivity contribution in [2.75, 3.05) is 18.4 Å². The molecule has 5 nitrogen and oxygen atoms in total. The van der Waals surface area contributed by atoms with Crippen molar-refractivity contribution in [3.63, 3.8) is 0 Å². The lowest BCUT2D eigenvalue weighted by molar-refractivity contribution is 0.0461. The van der Waals surface area contributed by atoms with Crippen molar-refractivity contribution < 1.29 is 13.9 Å². The Labute approximate surface area is 131 Å². The molecule has 0 spiro atoms. The van der Waals surface area contributed by atoms with Crippen molar-refractivity contribution in [1.29, 1.82) is 0 Å². The zero-order chi connectivity index (χ0) is 15.5. The smallest absolute Gasteiger partial charge is 0.322 e. The number of ether oxygens (including phenoxy) is 1. The summed E-state index contributed by atoms with van der Waals surface area (Å²) < 4.78 is 18.4. The number of rotatable bonds is 3. The number of hydrogen-bond donors (Lipinski definition) is 1. The average molecular weight is 322 g/mol. The summed E-state index contributed by atoms with van der Waals surface area (Å²) in [5.74, 6) is 0.138. The Morgan fingerprint density at radius 3 is 2.64 bits per heavy atom. The highest BCUT2D eigenvalue weighted by Gasteiger charge is 2.32. The molecule has 0 radical (unpaired) electrons. The predicted octanol–water partition coefficient (Wildman–Crippen LogP) is 3.17. The summed E-state index contributed by atoms with van der Waals surface area (Å²) in [5, 5.41) is 3.24. The van der Waals surface area contributed by atoms with Crippen molar-refractivity contribution in [2.45, 2.75) is 6.10 Å². The first-order valence-corrected chi connectivity index (χ1v) is 7.07. The summed E-state index contributed by atoms with van der Waals surface area (Å²) in [6.07, 6.45) is 1.42. The Balaban J connectivity index is 1.47. The number of halogens is 2. The fraction of sp³-hybridized carbons (Fsp3) is 0.200. The van der Waals surface area contributed by atoms with Gasteiger partial charge in [0.1, 0.15) is 11.9 Å². The number of nitrogens with one attached hydrogen (secondary N) is 1. The number of carbonyl (C=O) groups excluding carboxylic acids is 1. The van der Waals surface area contributed by atoms with E-state index >= 15 is 0 Å². The zero-order valence-electron chi connectivity index (χ0n) is 11.5. The predicted molar refractivity (Wildman–Crippen MR) is 80.7 cm³/mol. The van der Waals surface area contributed by atoms with Crippen molar-refractivity contribution in [3.05, 3.63) is 53.4 Å². The van der Waals surface area contributed by atoms with Crippen LogP contribution in [0, 0.1) is 5.82 Å². The monoisotopic (exact) mass is 321 g/mol. The van der Waals surface area contributed by atoms with Crippen LogP contribution in [0.3, 0.4) is 0 Å². The van der Waals surface area contributed by atoms with Crippen LogP contribution in [-0.2, 0) is 0 Å². The molecule has 1 aliphatic heterocycles. The summed E-state index contributed by atoms with van der Waals surface area (Å²) in [7, 11) is 0. The first kappa shape index (κ1) is 14.6. The molecule has 2 heterocycles. The number of likely N-dealkylation sites (tertiary alicyclic amines) is 1. The number of aromatic nitrogens is 1. The van der Waals surface area contributed by atoms with Crippen LogP contribution < -0.4 is 10.1 Å². The van der Waals surface area contributed by atoms with E-state index < -0.39 is 0 Å². The Bertz CT molecular complexity index is 657. The first-order valence-electron chi connectivity index (χ1n) is 6.70. The molecular formula is C15H13ClFN3O2. The van der Waals surface area contributed by atoms with Gasteiger partial charge in [-0.3, -0.25) is 0 Å². The normalized spacial score (nSPS) is 14.4. The topological polar surface area (TPSA) is 54.5 Å². The Kier molecular flexibility index (Phi) is 4.11. The molecule has 0 unspecified atom stereocenters. The van der Waals surface area contributed by atoms with E-state index in [0.29, 0.717) is 29.7 Å². The molecule has 1 aliphatic rings. The third-order valence-electron chi connectivity index (χ3n) is 3.22. The lowest BCUT2D eigenvalue weighted by Gasteiger charge is -2.38. The van der Waals surface area contributed by atoms with E-state index in [0.717, 1.165) is 0 Å². The minimum absolute atomic E-state index is 0.0901. The molecule has 2 amide bonds. The van der Waals surface area contributed by atoms with Gasteiger partial charge >= 0.3 is 6.03 Å². The second kappa shape index (κ2) is 6.19. The molecule has 7 heteroatoms. The van der Waals surface area contributed by atoms with Gasteiger partial charge in [-0.25, -0.2) is 14.2 Å². The van der Waals surface area contributed by atoms with Crippen LogP contribution in [0.15, 0.2) is 42.6 Å². The number of carbonyl (C=O) groups is 1. The van der Waals surface area contributed by atoms with E-state index in [9.17, 15) is 9.18 Å². The van der Waals surface area contributed by atoms with Crippen LogP contribution >= 0.6 is 11.6 Å². The fourth-order valence-corrected chi connectivity index (χ4v) is 2.13. The van der Waals surface area contributed by atoms with Crippen molar-refractivity contribution in [3.8, 4) is 5.88 Å². The molecule has 0 aliphatic carbocycles. The zero-order valence-corrected chi connectivity index (χ0v) is 12.3. The lowest BCUT2D eigenvalue weighted by atomic mass is 10.2. The van der Waals surface area contributed by atoms with Gasteiger partial charge in [0, 0.05) is 18.0 Å². The van der Waals surface area contributed by atoms with Crippen molar-refractivity contribution >= 4 is 23.3 Å². The first-order chi connectivity index (χ1) is 10.6. The second-order valence-corrected chi connectivity index (χ2v) is 5.33. The number of anilines is 1. The number of hydrogen-bond acceptors (Lipinski definition) is 3. The van der Waals surface area contributed by atoms with Gasteiger partial charge in [0.15, 0.2) is 0 Å². The standard InChI is InChI=1S/C15H13ClFN3O2/c16-10-1-6-14(18-7-10)22-13-8-20(9-13)15(21)19-12-4-2-11(17)3-5-12/h1-7,13H,8-9H2,(H,19,21). The number of nitrogens with zero attached hydrogens (tertiary/aromatic N) is 2. The Morgan fingerprint density at radius 2 is 2.00 bits per heavy atom. The molecule has 1 aromatic heterocycles.